The summed E-state index contributed by atoms with van der Waals surface area (Å²) in [6.07, 6.45) is 5.06. The Labute approximate surface area is 72.4 Å². The lowest BCUT2D eigenvalue weighted by Crippen LogP contribution is -2.25. The maximum atomic E-state index is 12.4. The summed E-state index contributed by atoms with van der Waals surface area (Å²) in [5.41, 5.74) is 0. The Bertz CT molecular complexity index is 179. The zero-order chi connectivity index (χ0) is 9.03. The highest BCUT2D eigenvalue weighted by Gasteiger charge is 2.32. The zero-order valence-corrected chi connectivity index (χ0v) is 7.60. The lowest BCUT2D eigenvalue weighted by atomic mass is 10.1. The molecule has 1 atom stereocenters. The third-order valence-corrected chi connectivity index (χ3v) is 1.95. The number of hydrogen-bond acceptors (Lipinski definition) is 2. The van der Waals surface area contributed by atoms with E-state index in [4.69, 9.17) is 9.47 Å². The standard InChI is InChI=1S/C9H15FO2/c1-3-4-5-6-9(2)11-7-8(10)12-9/h7H,3-6H2,1-2H3. The summed E-state index contributed by atoms with van der Waals surface area (Å²) in [5.74, 6) is -0.751. The number of ether oxygens (including phenoxy) is 2. The van der Waals surface area contributed by atoms with Crippen molar-refractivity contribution in [1.82, 2.24) is 0 Å². The van der Waals surface area contributed by atoms with Gasteiger partial charge in [0.25, 0.3) is 5.79 Å². The lowest BCUT2D eigenvalue weighted by Gasteiger charge is -2.22. The van der Waals surface area contributed by atoms with Gasteiger partial charge in [0.2, 0.25) is 0 Å². The minimum atomic E-state index is -0.751. The Morgan fingerprint density at radius 2 is 2.25 bits per heavy atom. The average molecular weight is 174 g/mol. The van der Waals surface area contributed by atoms with Crippen molar-refractivity contribution >= 4 is 0 Å². The molecule has 3 heteroatoms. The van der Waals surface area contributed by atoms with Crippen LogP contribution < -0.4 is 0 Å². The third kappa shape index (κ3) is 2.40. The van der Waals surface area contributed by atoms with Crippen LogP contribution in [0.4, 0.5) is 4.39 Å². The molecule has 12 heavy (non-hydrogen) atoms. The van der Waals surface area contributed by atoms with E-state index in [1.54, 1.807) is 6.92 Å². The molecule has 0 fully saturated rings. The summed E-state index contributed by atoms with van der Waals surface area (Å²) >= 11 is 0. The molecule has 70 valence electrons. The molecule has 1 rings (SSSR count). The highest BCUT2D eigenvalue weighted by atomic mass is 19.1. The van der Waals surface area contributed by atoms with Crippen molar-refractivity contribution in [3.05, 3.63) is 12.3 Å². The maximum absolute atomic E-state index is 12.4. The highest BCUT2D eigenvalue weighted by molar-refractivity contribution is 4.86. The van der Waals surface area contributed by atoms with Gasteiger partial charge in [-0.1, -0.05) is 19.8 Å². The van der Waals surface area contributed by atoms with Crippen molar-refractivity contribution in [1.29, 1.82) is 0 Å². The molecule has 0 aliphatic carbocycles. The molecule has 0 bridgehead atoms. The molecular weight excluding hydrogens is 159 g/mol. The van der Waals surface area contributed by atoms with Gasteiger partial charge in [-0.2, -0.15) is 4.39 Å². The molecule has 2 nitrogen and oxygen atoms in total. The number of hydrogen-bond donors (Lipinski definition) is 0. The van der Waals surface area contributed by atoms with Gasteiger partial charge in [-0.05, 0) is 6.42 Å². The predicted octanol–water partition coefficient (Wildman–Crippen LogP) is 3.10. The summed E-state index contributed by atoms with van der Waals surface area (Å²) in [6, 6.07) is -0.617. The monoisotopic (exact) mass is 174 g/mol. The third-order valence-electron chi connectivity index (χ3n) is 1.95. The second-order valence-corrected chi connectivity index (χ2v) is 3.23. The molecule has 0 saturated heterocycles. The largest absolute Gasteiger partial charge is 0.454 e. The number of halogens is 1. The van der Waals surface area contributed by atoms with Crippen molar-refractivity contribution in [2.75, 3.05) is 0 Å². The van der Waals surface area contributed by atoms with Crippen molar-refractivity contribution in [2.45, 2.75) is 45.3 Å². The maximum Gasteiger partial charge on any atom is 0.311 e. The van der Waals surface area contributed by atoms with E-state index in [0.717, 1.165) is 31.9 Å². The van der Waals surface area contributed by atoms with Crippen LogP contribution in [0.1, 0.15) is 39.5 Å². The van der Waals surface area contributed by atoms with E-state index in [0.29, 0.717) is 0 Å². The average Bonchev–Trinajstić information content (AvgIpc) is 2.32. The molecule has 1 heterocycles. The molecule has 1 aliphatic rings. The van der Waals surface area contributed by atoms with Crippen molar-refractivity contribution in [3.8, 4) is 0 Å². The minimum absolute atomic E-state index is 0.617. The van der Waals surface area contributed by atoms with Gasteiger partial charge in [0, 0.05) is 13.3 Å². The lowest BCUT2D eigenvalue weighted by molar-refractivity contribution is -0.148. The second-order valence-electron chi connectivity index (χ2n) is 3.23. The first kappa shape index (κ1) is 9.36. The summed E-state index contributed by atoms with van der Waals surface area (Å²) in [4.78, 5) is 0. The van der Waals surface area contributed by atoms with E-state index >= 15 is 0 Å². The fourth-order valence-electron chi connectivity index (χ4n) is 1.23. The van der Waals surface area contributed by atoms with Gasteiger partial charge in [0.1, 0.15) is 0 Å². The fraction of sp³-hybridized carbons (Fsp3) is 0.778. The Kier molecular flexibility index (Phi) is 2.95. The summed E-state index contributed by atoms with van der Waals surface area (Å²) < 4.78 is 22.3. The molecule has 0 amide bonds. The molecular formula is C9H15FO2. The second kappa shape index (κ2) is 3.78. The molecule has 0 aromatic carbocycles. The first-order valence-electron chi connectivity index (χ1n) is 4.39. The summed E-state index contributed by atoms with van der Waals surface area (Å²) in [5, 5.41) is 0. The molecule has 0 aromatic rings. The molecule has 0 saturated carbocycles. The van der Waals surface area contributed by atoms with E-state index in [1.165, 1.54) is 0 Å². The van der Waals surface area contributed by atoms with Crippen LogP contribution in [0.25, 0.3) is 0 Å². The molecule has 0 spiro atoms. The Morgan fingerprint density at radius 1 is 1.50 bits per heavy atom. The van der Waals surface area contributed by atoms with Crippen LogP contribution in [0.2, 0.25) is 0 Å². The molecule has 1 unspecified atom stereocenters. The predicted molar refractivity (Wildman–Crippen MR) is 43.9 cm³/mol. The van der Waals surface area contributed by atoms with Crippen LogP contribution in [0, 0.1) is 0 Å². The summed E-state index contributed by atoms with van der Waals surface area (Å²) in [6.45, 7) is 3.88. The molecule has 0 radical (unpaired) electrons. The van der Waals surface area contributed by atoms with Crippen LogP contribution >= 0.6 is 0 Å². The highest BCUT2D eigenvalue weighted by Crippen LogP contribution is 2.30. The zero-order valence-electron chi connectivity index (χ0n) is 7.60. The van der Waals surface area contributed by atoms with Gasteiger partial charge < -0.3 is 9.47 Å². The van der Waals surface area contributed by atoms with E-state index < -0.39 is 11.8 Å². The minimum Gasteiger partial charge on any atom is -0.454 e. The first-order valence-corrected chi connectivity index (χ1v) is 4.39. The quantitative estimate of drug-likeness (QED) is 0.610. The molecule has 0 aromatic heterocycles. The van der Waals surface area contributed by atoms with Gasteiger partial charge >= 0.3 is 6.01 Å². The SMILES string of the molecule is CCCCCC1(C)OC=C(F)O1. The normalized spacial score (nSPS) is 27.8. The Balaban J connectivity index is 2.23. The Hall–Kier alpha value is -0.730. The van der Waals surface area contributed by atoms with Crippen molar-refractivity contribution < 1.29 is 13.9 Å². The van der Waals surface area contributed by atoms with Crippen LogP contribution in [0.5, 0.6) is 0 Å². The van der Waals surface area contributed by atoms with E-state index in [2.05, 4.69) is 6.92 Å². The van der Waals surface area contributed by atoms with Gasteiger partial charge in [0.15, 0.2) is 6.26 Å². The van der Waals surface area contributed by atoms with E-state index in [-0.39, 0.29) is 0 Å². The van der Waals surface area contributed by atoms with Gasteiger partial charge in [-0.3, -0.25) is 0 Å². The smallest absolute Gasteiger partial charge is 0.311 e. The van der Waals surface area contributed by atoms with Gasteiger partial charge in [-0.15, -0.1) is 0 Å². The topological polar surface area (TPSA) is 18.5 Å². The van der Waals surface area contributed by atoms with E-state index in [1.807, 2.05) is 0 Å². The first-order chi connectivity index (χ1) is 5.66. The van der Waals surface area contributed by atoms with Gasteiger partial charge in [0.05, 0.1) is 0 Å². The van der Waals surface area contributed by atoms with Crippen molar-refractivity contribution in [2.24, 2.45) is 0 Å². The van der Waals surface area contributed by atoms with Crippen LogP contribution in [0.3, 0.4) is 0 Å². The van der Waals surface area contributed by atoms with Gasteiger partial charge in [-0.25, -0.2) is 0 Å². The van der Waals surface area contributed by atoms with Crippen LogP contribution in [-0.2, 0) is 9.47 Å². The van der Waals surface area contributed by atoms with Crippen LogP contribution in [-0.4, -0.2) is 5.79 Å². The van der Waals surface area contributed by atoms with Crippen molar-refractivity contribution in [3.63, 3.8) is 0 Å². The summed E-state index contributed by atoms with van der Waals surface area (Å²) in [7, 11) is 0. The van der Waals surface area contributed by atoms with E-state index in [9.17, 15) is 4.39 Å². The molecule has 1 aliphatic heterocycles. The number of unbranched alkanes of at least 4 members (excludes halogenated alkanes) is 2. The van der Waals surface area contributed by atoms with Crippen LogP contribution in [0.15, 0.2) is 12.3 Å². The number of rotatable bonds is 4. The molecule has 0 N–H and O–H groups in total. The fourth-order valence-corrected chi connectivity index (χ4v) is 1.23. The Morgan fingerprint density at radius 3 is 2.75 bits per heavy atom.